The number of hydrogen-bond donors (Lipinski definition) is 2. The van der Waals surface area contributed by atoms with Crippen LogP contribution in [0.1, 0.15) is 25.0 Å². The Morgan fingerprint density at radius 2 is 2.23 bits per heavy atom. The van der Waals surface area contributed by atoms with Crippen LogP contribution in [0.5, 0.6) is 0 Å². The van der Waals surface area contributed by atoms with Crippen LogP contribution in [0.3, 0.4) is 0 Å². The van der Waals surface area contributed by atoms with Crippen LogP contribution in [0.25, 0.3) is 0 Å². The molecule has 72 valence electrons. The fraction of sp³-hybridized carbons (Fsp3) is 0.400. The smallest absolute Gasteiger partial charge is 0.0805 e. The number of aliphatic hydroxyl groups is 1. The van der Waals surface area contributed by atoms with E-state index in [1.54, 1.807) is 12.1 Å². The fourth-order valence-electron chi connectivity index (χ4n) is 1.20. The van der Waals surface area contributed by atoms with E-state index in [4.69, 9.17) is 17.3 Å². The second-order valence-electron chi connectivity index (χ2n) is 3.28. The second-order valence-corrected chi connectivity index (χ2v) is 3.72. The molecule has 0 aliphatic carbocycles. The zero-order valence-electron chi connectivity index (χ0n) is 7.57. The maximum Gasteiger partial charge on any atom is 0.0805 e. The van der Waals surface area contributed by atoms with E-state index in [1.165, 1.54) is 0 Å². The first kappa shape index (κ1) is 10.5. The minimum atomic E-state index is -0.515. The third kappa shape index (κ3) is 3.35. The molecule has 2 atom stereocenters. The van der Waals surface area contributed by atoms with Crippen LogP contribution in [0, 0.1) is 0 Å². The van der Waals surface area contributed by atoms with Gasteiger partial charge in [-0.2, -0.15) is 0 Å². The van der Waals surface area contributed by atoms with Crippen molar-refractivity contribution in [1.29, 1.82) is 0 Å². The molecule has 0 aliphatic heterocycles. The van der Waals surface area contributed by atoms with Crippen LogP contribution < -0.4 is 5.73 Å². The molecule has 0 aromatic heterocycles. The highest BCUT2D eigenvalue weighted by molar-refractivity contribution is 6.30. The third-order valence-corrected chi connectivity index (χ3v) is 2.06. The number of aliphatic hydroxyl groups excluding tert-OH is 1. The van der Waals surface area contributed by atoms with E-state index in [2.05, 4.69) is 0 Å². The Hall–Kier alpha value is -0.570. The van der Waals surface area contributed by atoms with Crippen molar-refractivity contribution >= 4 is 11.6 Å². The summed E-state index contributed by atoms with van der Waals surface area (Å²) >= 11 is 5.78. The molecule has 1 aromatic carbocycles. The van der Waals surface area contributed by atoms with Gasteiger partial charge in [0.15, 0.2) is 0 Å². The highest BCUT2D eigenvalue weighted by atomic mass is 35.5. The quantitative estimate of drug-likeness (QED) is 0.784. The molecular formula is C10H14ClNO. The summed E-state index contributed by atoms with van der Waals surface area (Å²) in [4.78, 5) is 0. The number of halogens is 1. The minimum Gasteiger partial charge on any atom is -0.388 e. The Bertz CT molecular complexity index is 275. The van der Waals surface area contributed by atoms with Crippen molar-refractivity contribution in [3.63, 3.8) is 0 Å². The number of nitrogens with two attached hydrogens (primary N) is 1. The van der Waals surface area contributed by atoms with E-state index >= 15 is 0 Å². The molecule has 0 fully saturated rings. The molecule has 2 unspecified atom stereocenters. The Morgan fingerprint density at radius 1 is 1.54 bits per heavy atom. The SMILES string of the molecule is CC(N)CC(O)c1cccc(Cl)c1. The average molecular weight is 200 g/mol. The fourth-order valence-corrected chi connectivity index (χ4v) is 1.40. The highest BCUT2D eigenvalue weighted by Crippen LogP contribution is 2.20. The van der Waals surface area contributed by atoms with Crippen LogP contribution in [0.15, 0.2) is 24.3 Å². The number of benzene rings is 1. The van der Waals surface area contributed by atoms with E-state index in [1.807, 2.05) is 19.1 Å². The van der Waals surface area contributed by atoms with Crippen LogP contribution >= 0.6 is 11.6 Å². The Kier molecular flexibility index (Phi) is 3.72. The Labute approximate surface area is 83.3 Å². The van der Waals surface area contributed by atoms with Crippen molar-refractivity contribution in [1.82, 2.24) is 0 Å². The summed E-state index contributed by atoms with van der Waals surface area (Å²) in [5.41, 5.74) is 6.40. The number of rotatable bonds is 3. The van der Waals surface area contributed by atoms with Gasteiger partial charge in [0.1, 0.15) is 0 Å². The van der Waals surface area contributed by atoms with E-state index in [-0.39, 0.29) is 6.04 Å². The monoisotopic (exact) mass is 199 g/mol. The second kappa shape index (κ2) is 4.61. The number of hydrogen-bond acceptors (Lipinski definition) is 2. The van der Waals surface area contributed by atoms with Gasteiger partial charge in [-0.1, -0.05) is 23.7 Å². The maximum atomic E-state index is 9.68. The maximum absolute atomic E-state index is 9.68. The highest BCUT2D eigenvalue weighted by Gasteiger charge is 2.09. The first-order chi connectivity index (χ1) is 6.09. The Morgan fingerprint density at radius 3 is 2.77 bits per heavy atom. The molecule has 0 heterocycles. The summed E-state index contributed by atoms with van der Waals surface area (Å²) in [6, 6.07) is 7.20. The van der Waals surface area contributed by atoms with Gasteiger partial charge in [-0.15, -0.1) is 0 Å². The summed E-state index contributed by atoms with van der Waals surface area (Å²) in [5, 5.41) is 10.3. The first-order valence-corrected chi connectivity index (χ1v) is 4.66. The minimum absolute atomic E-state index is 0.00557. The van der Waals surface area contributed by atoms with Crippen molar-refractivity contribution in [2.45, 2.75) is 25.5 Å². The predicted molar refractivity (Wildman–Crippen MR) is 54.7 cm³/mol. The zero-order chi connectivity index (χ0) is 9.84. The first-order valence-electron chi connectivity index (χ1n) is 4.28. The van der Waals surface area contributed by atoms with Crippen molar-refractivity contribution in [2.24, 2.45) is 5.73 Å². The van der Waals surface area contributed by atoms with Gasteiger partial charge >= 0.3 is 0 Å². The molecule has 1 aromatic rings. The van der Waals surface area contributed by atoms with E-state index in [9.17, 15) is 5.11 Å². The van der Waals surface area contributed by atoms with E-state index in [0.717, 1.165) is 5.56 Å². The molecule has 0 saturated heterocycles. The lowest BCUT2D eigenvalue weighted by molar-refractivity contribution is 0.160. The molecule has 2 nitrogen and oxygen atoms in total. The summed E-state index contributed by atoms with van der Waals surface area (Å²) in [5.74, 6) is 0. The van der Waals surface area contributed by atoms with Crippen molar-refractivity contribution < 1.29 is 5.11 Å². The lowest BCUT2D eigenvalue weighted by Gasteiger charge is -2.13. The standard InChI is InChI=1S/C10H14ClNO/c1-7(12)5-10(13)8-3-2-4-9(11)6-8/h2-4,6-7,10,13H,5,12H2,1H3. The molecule has 3 heteroatoms. The summed E-state index contributed by atoms with van der Waals surface area (Å²) in [6.45, 7) is 1.87. The topological polar surface area (TPSA) is 46.2 Å². The summed E-state index contributed by atoms with van der Waals surface area (Å²) in [7, 11) is 0. The van der Waals surface area contributed by atoms with Crippen molar-refractivity contribution in [3.8, 4) is 0 Å². The normalized spacial score (nSPS) is 15.4. The van der Waals surface area contributed by atoms with Crippen molar-refractivity contribution in [3.05, 3.63) is 34.9 Å². The van der Waals surface area contributed by atoms with Gasteiger partial charge in [-0.3, -0.25) is 0 Å². The van der Waals surface area contributed by atoms with Gasteiger partial charge in [0.25, 0.3) is 0 Å². The molecule has 13 heavy (non-hydrogen) atoms. The average Bonchev–Trinajstić information content (AvgIpc) is 2.03. The molecular weight excluding hydrogens is 186 g/mol. The lowest BCUT2D eigenvalue weighted by atomic mass is 10.0. The van der Waals surface area contributed by atoms with E-state index < -0.39 is 6.10 Å². The molecule has 0 saturated carbocycles. The van der Waals surface area contributed by atoms with Gasteiger partial charge in [0.2, 0.25) is 0 Å². The van der Waals surface area contributed by atoms with Crippen molar-refractivity contribution in [2.75, 3.05) is 0 Å². The van der Waals surface area contributed by atoms with Gasteiger partial charge in [0.05, 0.1) is 6.10 Å². The van der Waals surface area contributed by atoms with Crippen LogP contribution in [0.2, 0.25) is 5.02 Å². The molecule has 0 aliphatic rings. The van der Waals surface area contributed by atoms with Crippen LogP contribution in [-0.2, 0) is 0 Å². The zero-order valence-corrected chi connectivity index (χ0v) is 8.33. The molecule has 0 spiro atoms. The summed E-state index contributed by atoms with van der Waals surface area (Å²) in [6.07, 6.45) is 0.0408. The summed E-state index contributed by atoms with van der Waals surface area (Å²) < 4.78 is 0. The van der Waals surface area contributed by atoms with Gasteiger partial charge in [-0.05, 0) is 31.0 Å². The van der Waals surface area contributed by atoms with Gasteiger partial charge in [0, 0.05) is 11.1 Å². The Balaban J connectivity index is 2.71. The van der Waals surface area contributed by atoms with Gasteiger partial charge in [-0.25, -0.2) is 0 Å². The van der Waals surface area contributed by atoms with Crippen LogP contribution in [0.4, 0.5) is 0 Å². The largest absolute Gasteiger partial charge is 0.388 e. The third-order valence-electron chi connectivity index (χ3n) is 1.83. The van der Waals surface area contributed by atoms with Gasteiger partial charge < -0.3 is 10.8 Å². The molecule has 1 rings (SSSR count). The van der Waals surface area contributed by atoms with Crippen LogP contribution in [-0.4, -0.2) is 11.1 Å². The predicted octanol–water partition coefficient (Wildman–Crippen LogP) is 2.11. The lowest BCUT2D eigenvalue weighted by Crippen LogP contribution is -2.18. The molecule has 3 N–H and O–H groups in total. The molecule has 0 radical (unpaired) electrons. The molecule has 0 amide bonds. The molecule has 0 bridgehead atoms. The van der Waals surface area contributed by atoms with E-state index in [0.29, 0.717) is 11.4 Å².